The van der Waals surface area contributed by atoms with Crippen molar-refractivity contribution in [1.29, 1.82) is 0 Å². The van der Waals surface area contributed by atoms with Gasteiger partial charge in [0.25, 0.3) is 0 Å². The molecule has 0 radical (unpaired) electrons. The van der Waals surface area contributed by atoms with Crippen molar-refractivity contribution < 1.29 is 4.74 Å². The summed E-state index contributed by atoms with van der Waals surface area (Å²) in [4.78, 5) is 6.57. The molecule has 0 bridgehead atoms. The molecule has 0 aromatic carbocycles. The molecular formula is C11H24N4O. The number of rotatable bonds is 5. The maximum Gasteiger partial charge on any atom is 0.185 e. The van der Waals surface area contributed by atoms with Crippen molar-refractivity contribution in [3.05, 3.63) is 0 Å². The minimum absolute atomic E-state index is 0.182. The molecule has 0 aromatic rings. The predicted molar refractivity (Wildman–Crippen MR) is 66.3 cm³/mol. The summed E-state index contributed by atoms with van der Waals surface area (Å²) in [5.41, 5.74) is 10.8. The topological polar surface area (TPSA) is 76.9 Å². The van der Waals surface area contributed by atoms with E-state index in [1.165, 1.54) is 0 Å². The van der Waals surface area contributed by atoms with E-state index in [1.54, 1.807) is 0 Å². The zero-order valence-corrected chi connectivity index (χ0v) is 10.4. The fourth-order valence-corrected chi connectivity index (χ4v) is 2.04. The monoisotopic (exact) mass is 228 g/mol. The fourth-order valence-electron chi connectivity index (χ4n) is 2.04. The van der Waals surface area contributed by atoms with Gasteiger partial charge in [-0.15, -0.1) is 0 Å². The van der Waals surface area contributed by atoms with Crippen LogP contribution in [0, 0.1) is 5.92 Å². The van der Waals surface area contributed by atoms with Crippen LogP contribution in [-0.4, -0.2) is 49.7 Å². The van der Waals surface area contributed by atoms with Crippen LogP contribution in [0.4, 0.5) is 0 Å². The van der Waals surface area contributed by atoms with Crippen LogP contribution in [-0.2, 0) is 4.74 Å². The number of aliphatic imine (C=N–C) groups is 1. The molecule has 5 heteroatoms. The summed E-state index contributed by atoms with van der Waals surface area (Å²) in [5.74, 6) is 0.837. The smallest absolute Gasteiger partial charge is 0.185 e. The van der Waals surface area contributed by atoms with E-state index in [4.69, 9.17) is 16.2 Å². The Balaban J connectivity index is 2.50. The molecule has 1 aliphatic rings. The number of ether oxygens (including phenoxy) is 1. The molecule has 0 aliphatic carbocycles. The van der Waals surface area contributed by atoms with Gasteiger partial charge in [0, 0.05) is 19.1 Å². The number of hydrogen-bond acceptors (Lipinski definition) is 3. The summed E-state index contributed by atoms with van der Waals surface area (Å²) in [6.45, 7) is 8.74. The molecule has 1 rings (SSSR count). The Morgan fingerprint density at radius 3 is 2.44 bits per heavy atom. The number of nitrogens with zero attached hydrogens (tertiary/aromatic N) is 2. The van der Waals surface area contributed by atoms with E-state index in [0.29, 0.717) is 18.5 Å². The lowest BCUT2D eigenvalue weighted by atomic mass is 10.0. The first-order valence-electron chi connectivity index (χ1n) is 5.96. The maximum atomic E-state index is 5.39. The number of morpholine rings is 1. The zero-order valence-electron chi connectivity index (χ0n) is 10.4. The van der Waals surface area contributed by atoms with Crippen molar-refractivity contribution in [3.8, 4) is 0 Å². The van der Waals surface area contributed by atoms with E-state index in [9.17, 15) is 0 Å². The molecule has 0 saturated carbocycles. The average Bonchev–Trinajstić information content (AvgIpc) is 2.25. The predicted octanol–water partition coefficient (Wildman–Crippen LogP) is 0.00670. The molecule has 0 amide bonds. The SMILES string of the molecule is CC(C)CC(CN=C(N)N)N1CCOCC1. The third-order valence-electron chi connectivity index (χ3n) is 2.79. The summed E-state index contributed by atoms with van der Waals surface area (Å²) >= 11 is 0. The Kier molecular flexibility index (Phi) is 5.55. The number of hydrogen-bond donors (Lipinski definition) is 2. The standard InChI is InChI=1S/C11H24N4O/c1-9(2)7-10(8-14-11(12)13)15-3-5-16-6-4-15/h9-10H,3-8H2,1-2H3,(H4,12,13,14). The van der Waals surface area contributed by atoms with Gasteiger partial charge in [-0.25, -0.2) is 0 Å². The van der Waals surface area contributed by atoms with Crippen LogP contribution >= 0.6 is 0 Å². The van der Waals surface area contributed by atoms with Crippen LogP contribution in [0.1, 0.15) is 20.3 Å². The Labute approximate surface area is 97.8 Å². The van der Waals surface area contributed by atoms with E-state index in [2.05, 4.69) is 23.7 Å². The van der Waals surface area contributed by atoms with Gasteiger partial charge in [-0.1, -0.05) is 13.8 Å². The van der Waals surface area contributed by atoms with Gasteiger partial charge in [0.2, 0.25) is 0 Å². The molecule has 4 N–H and O–H groups in total. The first-order chi connectivity index (χ1) is 7.59. The second kappa shape index (κ2) is 6.70. The molecule has 1 heterocycles. The summed E-state index contributed by atoms with van der Waals surface area (Å²) in [6.07, 6.45) is 1.12. The van der Waals surface area contributed by atoms with Crippen LogP contribution in [0.3, 0.4) is 0 Å². The van der Waals surface area contributed by atoms with Crippen LogP contribution in [0.5, 0.6) is 0 Å². The normalized spacial score (nSPS) is 19.7. The summed E-state index contributed by atoms with van der Waals surface area (Å²) in [6, 6.07) is 0.436. The molecule has 1 unspecified atom stereocenters. The van der Waals surface area contributed by atoms with Crippen molar-refractivity contribution in [2.75, 3.05) is 32.8 Å². The average molecular weight is 228 g/mol. The third-order valence-corrected chi connectivity index (χ3v) is 2.79. The van der Waals surface area contributed by atoms with Crippen molar-refractivity contribution in [3.63, 3.8) is 0 Å². The highest BCUT2D eigenvalue weighted by Crippen LogP contribution is 2.13. The van der Waals surface area contributed by atoms with E-state index < -0.39 is 0 Å². The van der Waals surface area contributed by atoms with Crippen molar-refractivity contribution in [2.24, 2.45) is 22.4 Å². The van der Waals surface area contributed by atoms with Crippen LogP contribution < -0.4 is 11.5 Å². The summed E-state index contributed by atoms with van der Waals surface area (Å²) in [7, 11) is 0. The van der Waals surface area contributed by atoms with E-state index in [0.717, 1.165) is 32.7 Å². The quantitative estimate of drug-likeness (QED) is 0.513. The summed E-state index contributed by atoms with van der Waals surface area (Å²) < 4.78 is 5.35. The van der Waals surface area contributed by atoms with Gasteiger partial charge in [0.15, 0.2) is 5.96 Å². The van der Waals surface area contributed by atoms with Crippen LogP contribution in [0.15, 0.2) is 4.99 Å². The van der Waals surface area contributed by atoms with Crippen molar-refractivity contribution >= 4 is 5.96 Å². The van der Waals surface area contributed by atoms with Gasteiger partial charge in [0.05, 0.1) is 19.8 Å². The molecule has 0 spiro atoms. The first kappa shape index (κ1) is 13.3. The largest absolute Gasteiger partial charge is 0.379 e. The maximum absolute atomic E-state index is 5.39. The van der Waals surface area contributed by atoms with Gasteiger partial charge < -0.3 is 16.2 Å². The summed E-state index contributed by atoms with van der Waals surface area (Å²) in [5, 5.41) is 0. The third kappa shape index (κ3) is 4.81. The van der Waals surface area contributed by atoms with Crippen molar-refractivity contribution in [1.82, 2.24) is 4.90 Å². The molecule has 0 aromatic heterocycles. The van der Waals surface area contributed by atoms with E-state index in [-0.39, 0.29) is 5.96 Å². The van der Waals surface area contributed by atoms with Gasteiger partial charge in [0.1, 0.15) is 0 Å². The molecule has 1 saturated heterocycles. The minimum atomic E-state index is 0.182. The van der Waals surface area contributed by atoms with E-state index in [1.807, 2.05) is 0 Å². The van der Waals surface area contributed by atoms with E-state index >= 15 is 0 Å². The molecule has 1 aliphatic heterocycles. The first-order valence-corrected chi connectivity index (χ1v) is 5.96. The molecule has 1 atom stereocenters. The molecule has 16 heavy (non-hydrogen) atoms. The highest BCUT2D eigenvalue weighted by molar-refractivity contribution is 5.75. The number of nitrogens with two attached hydrogens (primary N) is 2. The second-order valence-corrected chi connectivity index (χ2v) is 4.70. The fraction of sp³-hybridized carbons (Fsp3) is 0.909. The lowest BCUT2D eigenvalue weighted by Gasteiger charge is -2.34. The Hall–Kier alpha value is -0.810. The van der Waals surface area contributed by atoms with Gasteiger partial charge in [-0.3, -0.25) is 9.89 Å². The lowest BCUT2D eigenvalue weighted by molar-refractivity contribution is 0.0143. The Morgan fingerprint density at radius 2 is 1.94 bits per heavy atom. The second-order valence-electron chi connectivity index (χ2n) is 4.70. The highest BCUT2D eigenvalue weighted by Gasteiger charge is 2.21. The molecule has 5 nitrogen and oxygen atoms in total. The van der Waals surface area contributed by atoms with Gasteiger partial charge in [-0.05, 0) is 12.3 Å². The van der Waals surface area contributed by atoms with Crippen LogP contribution in [0.2, 0.25) is 0 Å². The van der Waals surface area contributed by atoms with Gasteiger partial charge in [-0.2, -0.15) is 0 Å². The minimum Gasteiger partial charge on any atom is -0.379 e. The van der Waals surface area contributed by atoms with Crippen molar-refractivity contribution in [2.45, 2.75) is 26.3 Å². The lowest BCUT2D eigenvalue weighted by Crippen LogP contribution is -2.46. The Morgan fingerprint density at radius 1 is 1.31 bits per heavy atom. The van der Waals surface area contributed by atoms with Crippen LogP contribution in [0.25, 0.3) is 0 Å². The Bertz CT molecular complexity index is 220. The molecule has 94 valence electrons. The molecular weight excluding hydrogens is 204 g/mol. The highest BCUT2D eigenvalue weighted by atomic mass is 16.5. The number of guanidine groups is 1. The molecule has 1 fully saturated rings. The zero-order chi connectivity index (χ0) is 12.0. The van der Waals surface area contributed by atoms with Gasteiger partial charge >= 0.3 is 0 Å².